The molecule has 0 aliphatic rings. The van der Waals surface area contributed by atoms with Gasteiger partial charge in [-0.05, 0) is 55.3 Å². The third kappa shape index (κ3) is 4.60. The van der Waals surface area contributed by atoms with Crippen LogP contribution in [0.15, 0.2) is 53.4 Å². The van der Waals surface area contributed by atoms with E-state index >= 15 is 0 Å². The number of aryl methyl sites for hydroxylation is 1. The number of hydrogen-bond donors (Lipinski definition) is 1. The molecule has 21 heavy (non-hydrogen) atoms. The Kier molecular flexibility index (Phi) is 5.39. The Bertz CT molecular complexity index is 595. The first kappa shape index (κ1) is 15.6. The molecule has 0 spiro atoms. The van der Waals surface area contributed by atoms with Crippen LogP contribution in [-0.2, 0) is 11.2 Å². The molecule has 2 aromatic carbocycles. The van der Waals surface area contributed by atoms with E-state index in [4.69, 9.17) is 0 Å². The predicted molar refractivity (Wildman–Crippen MR) is 86.2 cm³/mol. The van der Waals surface area contributed by atoms with Gasteiger partial charge in [-0.1, -0.05) is 19.1 Å². The van der Waals surface area contributed by atoms with Crippen molar-refractivity contribution < 1.29 is 9.18 Å². The first-order chi connectivity index (χ1) is 10.1. The molecule has 2 nitrogen and oxygen atoms in total. The summed E-state index contributed by atoms with van der Waals surface area (Å²) in [5.41, 5.74) is 2.03. The molecular weight excluding hydrogens is 285 g/mol. The van der Waals surface area contributed by atoms with Crippen molar-refractivity contribution >= 4 is 23.4 Å². The van der Waals surface area contributed by atoms with Gasteiger partial charge in [0.15, 0.2) is 0 Å². The molecule has 1 atom stereocenters. The smallest absolute Gasteiger partial charge is 0.237 e. The maximum atomic E-state index is 12.8. The second-order valence-corrected chi connectivity index (χ2v) is 6.17. The van der Waals surface area contributed by atoms with Crippen LogP contribution in [-0.4, -0.2) is 11.2 Å². The zero-order valence-corrected chi connectivity index (χ0v) is 12.9. The van der Waals surface area contributed by atoms with E-state index in [1.54, 1.807) is 12.1 Å². The van der Waals surface area contributed by atoms with Gasteiger partial charge in [-0.15, -0.1) is 11.8 Å². The molecular formula is C17H18FNOS. The molecule has 0 unspecified atom stereocenters. The Morgan fingerprint density at radius 2 is 1.76 bits per heavy atom. The predicted octanol–water partition coefficient (Wildman–Crippen LogP) is 4.51. The Hall–Kier alpha value is -1.81. The minimum atomic E-state index is -0.271. The van der Waals surface area contributed by atoms with Gasteiger partial charge in [0.1, 0.15) is 5.82 Å². The van der Waals surface area contributed by atoms with Gasteiger partial charge in [0.2, 0.25) is 5.91 Å². The number of nitrogens with one attached hydrogen (secondary N) is 1. The van der Waals surface area contributed by atoms with Gasteiger partial charge in [0, 0.05) is 10.6 Å². The van der Waals surface area contributed by atoms with Gasteiger partial charge in [0.25, 0.3) is 0 Å². The number of amides is 1. The van der Waals surface area contributed by atoms with E-state index in [0.29, 0.717) is 0 Å². The molecule has 110 valence electrons. The second kappa shape index (κ2) is 7.27. The third-order valence-electron chi connectivity index (χ3n) is 3.13. The van der Waals surface area contributed by atoms with Crippen molar-refractivity contribution in [3.63, 3.8) is 0 Å². The van der Waals surface area contributed by atoms with Crippen LogP contribution in [0.25, 0.3) is 0 Å². The summed E-state index contributed by atoms with van der Waals surface area (Å²) in [5, 5.41) is 2.64. The van der Waals surface area contributed by atoms with Crippen LogP contribution < -0.4 is 5.32 Å². The van der Waals surface area contributed by atoms with Crippen LogP contribution >= 0.6 is 11.8 Å². The highest BCUT2D eigenvalue weighted by atomic mass is 32.2. The molecule has 2 rings (SSSR count). The minimum absolute atomic E-state index is 0.0615. The van der Waals surface area contributed by atoms with Gasteiger partial charge in [-0.25, -0.2) is 4.39 Å². The number of anilines is 1. The lowest BCUT2D eigenvalue weighted by molar-refractivity contribution is -0.115. The van der Waals surface area contributed by atoms with Crippen molar-refractivity contribution in [2.75, 3.05) is 5.32 Å². The number of rotatable bonds is 5. The topological polar surface area (TPSA) is 29.1 Å². The normalized spacial score (nSPS) is 12.0. The fourth-order valence-electron chi connectivity index (χ4n) is 1.84. The lowest BCUT2D eigenvalue weighted by Crippen LogP contribution is -2.22. The van der Waals surface area contributed by atoms with Crippen molar-refractivity contribution in [3.05, 3.63) is 59.9 Å². The lowest BCUT2D eigenvalue weighted by atomic mass is 10.1. The lowest BCUT2D eigenvalue weighted by Gasteiger charge is -2.12. The summed E-state index contributed by atoms with van der Waals surface area (Å²) >= 11 is 1.41. The van der Waals surface area contributed by atoms with Crippen molar-refractivity contribution in [1.29, 1.82) is 0 Å². The summed E-state index contributed by atoms with van der Waals surface area (Å²) in [7, 11) is 0. The number of carbonyl (C=O) groups is 1. The summed E-state index contributed by atoms with van der Waals surface area (Å²) in [4.78, 5) is 13.0. The first-order valence-corrected chi connectivity index (χ1v) is 7.78. The van der Waals surface area contributed by atoms with Crippen molar-refractivity contribution in [1.82, 2.24) is 0 Å². The number of halogens is 1. The molecule has 0 radical (unpaired) electrons. The van der Waals surface area contributed by atoms with Crippen molar-refractivity contribution in [2.24, 2.45) is 0 Å². The summed E-state index contributed by atoms with van der Waals surface area (Å²) in [6.45, 7) is 3.93. The maximum Gasteiger partial charge on any atom is 0.237 e. The number of carbonyl (C=O) groups excluding carboxylic acids is 1. The van der Waals surface area contributed by atoms with E-state index in [2.05, 4.69) is 12.2 Å². The first-order valence-electron chi connectivity index (χ1n) is 6.90. The third-order valence-corrected chi connectivity index (χ3v) is 4.24. The van der Waals surface area contributed by atoms with Gasteiger partial charge < -0.3 is 5.32 Å². The second-order valence-electron chi connectivity index (χ2n) is 4.75. The van der Waals surface area contributed by atoms with Gasteiger partial charge in [-0.3, -0.25) is 4.79 Å². The summed E-state index contributed by atoms with van der Waals surface area (Å²) in [5.74, 6) is -0.332. The van der Waals surface area contributed by atoms with Crippen LogP contribution in [0, 0.1) is 5.82 Å². The maximum absolute atomic E-state index is 12.8. The zero-order chi connectivity index (χ0) is 15.2. The molecule has 0 bridgehead atoms. The fourth-order valence-corrected chi connectivity index (χ4v) is 2.71. The molecule has 0 aromatic heterocycles. The number of thioether (sulfide) groups is 1. The summed E-state index contributed by atoms with van der Waals surface area (Å²) in [6, 6.07) is 14.0. The molecule has 1 amide bonds. The molecule has 4 heteroatoms. The average Bonchev–Trinajstić information content (AvgIpc) is 2.50. The Morgan fingerprint density at radius 1 is 1.14 bits per heavy atom. The van der Waals surface area contributed by atoms with E-state index in [1.165, 1.54) is 29.5 Å². The molecule has 0 aliphatic heterocycles. The molecule has 0 fully saturated rings. The van der Waals surface area contributed by atoms with Crippen LogP contribution in [0.3, 0.4) is 0 Å². The highest BCUT2D eigenvalue weighted by Gasteiger charge is 2.14. The molecule has 2 aromatic rings. The van der Waals surface area contributed by atoms with Crippen molar-refractivity contribution in [3.8, 4) is 0 Å². The highest BCUT2D eigenvalue weighted by molar-refractivity contribution is 8.00. The van der Waals surface area contributed by atoms with E-state index in [9.17, 15) is 9.18 Å². The quantitative estimate of drug-likeness (QED) is 0.824. The zero-order valence-electron chi connectivity index (χ0n) is 12.1. The average molecular weight is 303 g/mol. The van der Waals surface area contributed by atoms with E-state index in [1.807, 2.05) is 31.2 Å². The summed E-state index contributed by atoms with van der Waals surface area (Å²) in [6.07, 6.45) is 0.977. The fraction of sp³-hybridized carbons (Fsp3) is 0.235. The Morgan fingerprint density at radius 3 is 2.33 bits per heavy atom. The Labute approximate surface area is 128 Å². The number of hydrogen-bond acceptors (Lipinski definition) is 2. The highest BCUT2D eigenvalue weighted by Crippen LogP contribution is 2.24. The largest absolute Gasteiger partial charge is 0.325 e. The van der Waals surface area contributed by atoms with Crippen LogP contribution in [0.4, 0.5) is 10.1 Å². The van der Waals surface area contributed by atoms with E-state index in [0.717, 1.165) is 17.0 Å². The molecule has 0 saturated carbocycles. The van der Waals surface area contributed by atoms with Gasteiger partial charge >= 0.3 is 0 Å². The SMILES string of the molecule is CCc1ccc(NC(=O)[C@H](C)Sc2ccc(F)cc2)cc1. The molecule has 0 aliphatic carbocycles. The van der Waals surface area contributed by atoms with E-state index in [-0.39, 0.29) is 17.0 Å². The number of benzene rings is 2. The van der Waals surface area contributed by atoms with E-state index < -0.39 is 0 Å². The Balaban J connectivity index is 1.93. The molecule has 0 saturated heterocycles. The van der Waals surface area contributed by atoms with Crippen molar-refractivity contribution in [2.45, 2.75) is 30.4 Å². The minimum Gasteiger partial charge on any atom is -0.325 e. The standard InChI is InChI=1S/C17H18FNOS/c1-3-13-4-8-15(9-5-13)19-17(20)12(2)21-16-10-6-14(18)7-11-16/h4-12H,3H2,1-2H3,(H,19,20)/t12-/m0/s1. The van der Waals surface area contributed by atoms with Crippen LogP contribution in [0.1, 0.15) is 19.4 Å². The molecule has 0 heterocycles. The van der Waals surface area contributed by atoms with Crippen LogP contribution in [0.2, 0.25) is 0 Å². The van der Waals surface area contributed by atoms with Gasteiger partial charge in [-0.2, -0.15) is 0 Å². The van der Waals surface area contributed by atoms with Crippen LogP contribution in [0.5, 0.6) is 0 Å². The van der Waals surface area contributed by atoms with Gasteiger partial charge in [0.05, 0.1) is 5.25 Å². The monoisotopic (exact) mass is 303 g/mol. The summed E-state index contributed by atoms with van der Waals surface area (Å²) < 4.78 is 12.8. The molecule has 1 N–H and O–H groups in total.